The molecule has 0 unspecified atom stereocenters. The number of imidazole rings is 2. The van der Waals surface area contributed by atoms with E-state index in [9.17, 15) is 22.8 Å². The van der Waals surface area contributed by atoms with Crippen LogP contribution >= 0.6 is 0 Å². The largest absolute Gasteiger partial charge is 0.340 e. The summed E-state index contributed by atoms with van der Waals surface area (Å²) in [5, 5.41) is 14.3. The van der Waals surface area contributed by atoms with E-state index in [0.29, 0.717) is 77.1 Å². The minimum atomic E-state index is -3.11. The molecule has 0 radical (unpaired) electrons. The van der Waals surface area contributed by atoms with Crippen molar-refractivity contribution in [1.82, 2.24) is 58.2 Å². The van der Waals surface area contributed by atoms with Gasteiger partial charge in [0.15, 0.2) is 11.3 Å². The average Bonchev–Trinajstić information content (AvgIpc) is 4.50. The van der Waals surface area contributed by atoms with Crippen LogP contribution in [-0.4, -0.2) is 142 Å². The van der Waals surface area contributed by atoms with Crippen LogP contribution in [0.4, 0.5) is 11.4 Å². The molecule has 2 aliphatic carbocycles. The molecule has 19 nitrogen and oxygen atoms in total. The van der Waals surface area contributed by atoms with E-state index in [1.165, 1.54) is 18.0 Å². The van der Waals surface area contributed by atoms with Crippen LogP contribution in [0.25, 0.3) is 11.3 Å². The van der Waals surface area contributed by atoms with Crippen molar-refractivity contribution in [3.63, 3.8) is 0 Å². The number of pyridine rings is 2. The number of rotatable bonds is 11. The molecule has 79 heavy (non-hydrogen) atoms. The molecule has 0 spiro atoms. The van der Waals surface area contributed by atoms with Crippen LogP contribution in [0.2, 0.25) is 0 Å². The lowest BCUT2D eigenvalue weighted by molar-refractivity contribution is -0.134. The summed E-state index contributed by atoms with van der Waals surface area (Å²) >= 11 is 0. The van der Waals surface area contributed by atoms with Crippen molar-refractivity contribution in [2.75, 3.05) is 63.0 Å². The number of nitrogens with one attached hydrogen (secondary N) is 2. The lowest BCUT2D eigenvalue weighted by Gasteiger charge is -2.35. The van der Waals surface area contributed by atoms with Gasteiger partial charge in [-0.1, -0.05) is 24.0 Å². The van der Waals surface area contributed by atoms with Gasteiger partial charge in [-0.25, -0.2) is 27.4 Å². The van der Waals surface area contributed by atoms with Gasteiger partial charge in [-0.05, 0) is 134 Å². The molecule has 8 heterocycles. The summed E-state index contributed by atoms with van der Waals surface area (Å²) in [6.07, 6.45) is 16.7. The van der Waals surface area contributed by atoms with Gasteiger partial charge in [0.05, 0.1) is 28.8 Å². The van der Waals surface area contributed by atoms with Gasteiger partial charge in [-0.15, -0.1) is 0 Å². The van der Waals surface area contributed by atoms with Crippen molar-refractivity contribution >= 4 is 50.4 Å². The van der Waals surface area contributed by atoms with E-state index in [-0.39, 0.29) is 23.0 Å². The van der Waals surface area contributed by atoms with Crippen LogP contribution in [0.1, 0.15) is 91.2 Å². The molecular formula is C59H58N14O5S. The SMILES string of the molecule is Cc1cc(NC(=O)c2cncc(C#Cc3cnc4cccnn34)c2)ccc1CN1CCN(C(=O)C2CC2)CC1.Cc1cc(NC(=O)c2cncc(C#Cc3cnc4cccnn34)c2)ccc1CN1CCN(S(=O)(=O)C2CC2)CC1. The number of sulfonamides is 1. The van der Waals surface area contributed by atoms with Crippen LogP contribution in [-0.2, 0) is 27.9 Å². The second kappa shape index (κ2) is 23.1. The van der Waals surface area contributed by atoms with E-state index in [4.69, 9.17) is 0 Å². The van der Waals surface area contributed by atoms with Gasteiger partial charge in [0, 0.05) is 131 Å². The van der Waals surface area contributed by atoms with E-state index in [2.05, 4.69) is 87.2 Å². The molecule has 2 N–H and O–H groups in total. The number of nitrogens with zero attached hydrogens (tertiary/aromatic N) is 12. The molecule has 400 valence electrons. The Bertz CT molecular complexity index is 3850. The second-order valence-electron chi connectivity index (χ2n) is 20.3. The maximum atomic E-state index is 13.0. The highest BCUT2D eigenvalue weighted by atomic mass is 32.2. The molecule has 20 heteroatoms. The third-order valence-electron chi connectivity index (χ3n) is 14.5. The molecule has 0 atom stereocenters. The second-order valence-corrected chi connectivity index (χ2v) is 22.5. The molecule has 12 rings (SSSR count). The van der Waals surface area contributed by atoms with Crippen LogP contribution < -0.4 is 10.6 Å². The maximum absolute atomic E-state index is 13.0. The average molecular weight is 1080 g/mol. The first-order valence-electron chi connectivity index (χ1n) is 26.5. The Kier molecular flexibility index (Phi) is 15.3. The fraction of sp³-hybridized carbons (Fsp3) is 0.305. The predicted octanol–water partition coefficient (Wildman–Crippen LogP) is 5.83. The number of hydrogen-bond donors (Lipinski definition) is 2. The zero-order chi connectivity index (χ0) is 54.5. The summed E-state index contributed by atoms with van der Waals surface area (Å²) < 4.78 is 30.0. The van der Waals surface area contributed by atoms with Gasteiger partial charge in [0.1, 0.15) is 11.4 Å². The minimum absolute atomic E-state index is 0.157. The summed E-state index contributed by atoms with van der Waals surface area (Å²) in [6.45, 7) is 11.5. The summed E-state index contributed by atoms with van der Waals surface area (Å²) in [7, 11) is -3.11. The Labute approximate surface area is 458 Å². The molecule has 6 aromatic heterocycles. The van der Waals surface area contributed by atoms with Crippen molar-refractivity contribution < 1.29 is 22.8 Å². The van der Waals surface area contributed by atoms with E-state index >= 15 is 0 Å². The number of amides is 3. The normalized spacial score (nSPS) is 16.0. The molecule has 3 amide bonds. The maximum Gasteiger partial charge on any atom is 0.257 e. The van der Waals surface area contributed by atoms with Crippen molar-refractivity contribution in [3.05, 3.63) is 178 Å². The number of carbonyl (C=O) groups excluding carboxylic acids is 3. The minimum Gasteiger partial charge on any atom is -0.340 e. The number of benzene rings is 2. The predicted molar refractivity (Wildman–Crippen MR) is 298 cm³/mol. The molecule has 2 aliphatic heterocycles. The standard InChI is InChI=1S/C30H29N7O2.C29H29N7O3S/c1-21-15-26(8-7-24(21)20-35-11-13-36(14-12-35)30(39)23-5-6-23)34-29(38)25-16-22(17-31-18-25)4-9-27-19-32-28-3-2-10-33-37(27)28;1-21-15-25(6-5-23(21)20-34-11-13-35(14-12-34)40(38,39)27-8-9-27)33-29(37)24-16-22(17-30-18-24)4-7-26-19-31-28-3-2-10-32-36(26)28/h2-3,7-8,10,15-19,23H,5-6,11-14,20H2,1H3,(H,34,38);2-3,5-6,10,15-19,27H,8-9,11-14,20H2,1H3,(H,33,37). The fourth-order valence-corrected chi connectivity index (χ4v) is 11.4. The molecule has 2 aromatic carbocycles. The molecular weight excluding hydrogens is 1020 g/mol. The van der Waals surface area contributed by atoms with Gasteiger partial charge >= 0.3 is 0 Å². The number of fused-ring (bicyclic) bond motifs is 2. The lowest BCUT2D eigenvalue weighted by atomic mass is 10.1. The molecule has 0 bridgehead atoms. The van der Waals surface area contributed by atoms with Crippen LogP contribution in [0.5, 0.6) is 0 Å². The summed E-state index contributed by atoms with van der Waals surface area (Å²) in [5.74, 6) is 12.3. The van der Waals surface area contributed by atoms with Gasteiger partial charge in [0.2, 0.25) is 15.9 Å². The van der Waals surface area contributed by atoms with E-state index in [1.807, 2.05) is 66.4 Å². The van der Waals surface area contributed by atoms with Crippen molar-refractivity contribution in [2.45, 2.75) is 57.9 Å². The summed E-state index contributed by atoms with van der Waals surface area (Å²) in [6, 6.07) is 22.6. The highest BCUT2D eigenvalue weighted by Crippen LogP contribution is 2.33. The zero-order valence-electron chi connectivity index (χ0n) is 43.9. The Balaban J connectivity index is 0.000000167. The quantitative estimate of drug-likeness (QED) is 0.146. The first kappa shape index (κ1) is 52.4. The van der Waals surface area contributed by atoms with Crippen LogP contribution in [0.15, 0.2) is 122 Å². The Morgan fingerprint density at radius 3 is 1.51 bits per heavy atom. The number of aryl methyl sites for hydroxylation is 2. The third-order valence-corrected chi connectivity index (χ3v) is 16.9. The highest BCUT2D eigenvalue weighted by Gasteiger charge is 2.41. The highest BCUT2D eigenvalue weighted by molar-refractivity contribution is 7.90. The zero-order valence-corrected chi connectivity index (χ0v) is 44.7. The van der Waals surface area contributed by atoms with Crippen LogP contribution in [0.3, 0.4) is 0 Å². The number of aromatic nitrogens is 8. The number of anilines is 2. The topological polar surface area (TPSA) is 209 Å². The van der Waals surface area contributed by atoms with Crippen molar-refractivity contribution in [1.29, 1.82) is 0 Å². The fourth-order valence-electron chi connectivity index (χ4n) is 9.59. The summed E-state index contributed by atoms with van der Waals surface area (Å²) in [4.78, 5) is 61.9. The number of piperazine rings is 2. The Hall–Kier alpha value is -8.66. The van der Waals surface area contributed by atoms with Gasteiger partial charge in [-0.3, -0.25) is 34.2 Å². The van der Waals surface area contributed by atoms with Gasteiger partial charge < -0.3 is 15.5 Å². The van der Waals surface area contributed by atoms with E-state index in [1.54, 1.807) is 62.6 Å². The molecule has 4 aliphatic rings. The Morgan fingerprint density at radius 1 is 0.570 bits per heavy atom. The monoisotopic (exact) mass is 1070 g/mol. The first-order chi connectivity index (χ1) is 38.4. The van der Waals surface area contributed by atoms with Gasteiger partial charge in [0.25, 0.3) is 11.8 Å². The first-order valence-corrected chi connectivity index (χ1v) is 28.0. The molecule has 4 fully saturated rings. The number of carbonyl (C=O) groups is 3. The molecule has 8 aromatic rings. The molecule has 2 saturated carbocycles. The van der Waals surface area contributed by atoms with Gasteiger partial charge in [-0.2, -0.15) is 14.5 Å². The number of hydrogen-bond acceptors (Lipinski definition) is 13. The van der Waals surface area contributed by atoms with Crippen molar-refractivity contribution in [3.8, 4) is 23.7 Å². The molecule has 2 saturated heterocycles. The lowest BCUT2D eigenvalue weighted by Crippen LogP contribution is -2.49. The summed E-state index contributed by atoms with van der Waals surface area (Å²) in [5.41, 5.74) is 10.8. The van der Waals surface area contributed by atoms with Crippen LogP contribution in [0, 0.1) is 43.4 Å². The smallest absolute Gasteiger partial charge is 0.257 e. The van der Waals surface area contributed by atoms with Crippen molar-refractivity contribution in [2.24, 2.45) is 5.92 Å². The Morgan fingerprint density at radius 2 is 1.05 bits per heavy atom. The van der Waals surface area contributed by atoms with E-state index in [0.717, 1.165) is 93.0 Å². The van der Waals surface area contributed by atoms with E-state index < -0.39 is 10.0 Å². The third kappa shape index (κ3) is 12.7.